The van der Waals surface area contributed by atoms with Crippen molar-refractivity contribution in [3.63, 3.8) is 0 Å². The molecule has 116 valence electrons. The van der Waals surface area contributed by atoms with E-state index in [2.05, 4.69) is 34.8 Å². The van der Waals surface area contributed by atoms with E-state index in [-0.39, 0.29) is 11.8 Å². The Hall–Kier alpha value is -0.582. The number of thiol groups is 2. The minimum atomic E-state index is -1.91. The Morgan fingerprint density at radius 2 is 1.67 bits per heavy atom. The second-order valence-electron chi connectivity index (χ2n) is 4.53. The standard InChI is InChI=1S/C14H21AsN2O2S2/c1-3-12(18)16-14(20,21)10-15(17-13(19)4-2)11-8-6-5-7-9-11/h5-9,20-21H,3-4,10H2,1-2H3,(H,16,18)(H,17,19). The van der Waals surface area contributed by atoms with E-state index in [9.17, 15) is 9.59 Å². The molecule has 7 heteroatoms. The van der Waals surface area contributed by atoms with Crippen molar-refractivity contribution >= 4 is 56.3 Å². The first-order valence-corrected chi connectivity index (χ1v) is 10.9. The van der Waals surface area contributed by atoms with Gasteiger partial charge in [0.15, 0.2) is 0 Å². The number of hydrogen-bond donors (Lipinski definition) is 4. The first kappa shape index (κ1) is 18.5. The maximum atomic E-state index is 11.7. The number of carbonyl (C=O) groups is 2. The minimum absolute atomic E-state index is 0.0122. The SMILES string of the molecule is CCC(=O)N[As](CC(S)(S)NC(=O)CC)c1ccccc1. The van der Waals surface area contributed by atoms with Crippen LogP contribution in [0.1, 0.15) is 26.7 Å². The van der Waals surface area contributed by atoms with Crippen LogP contribution >= 0.6 is 25.3 Å². The molecule has 1 unspecified atom stereocenters. The fourth-order valence-corrected chi connectivity index (χ4v) is 7.31. The molecule has 21 heavy (non-hydrogen) atoms. The maximum absolute atomic E-state index is 11.7. The van der Waals surface area contributed by atoms with Crippen molar-refractivity contribution in [2.24, 2.45) is 0 Å². The van der Waals surface area contributed by atoms with Crippen molar-refractivity contribution in [1.82, 2.24) is 9.55 Å². The van der Waals surface area contributed by atoms with Gasteiger partial charge in [-0.15, -0.1) is 0 Å². The summed E-state index contributed by atoms with van der Waals surface area (Å²) in [5.74, 6) is -0.0954. The predicted molar refractivity (Wildman–Crippen MR) is 94.2 cm³/mol. The van der Waals surface area contributed by atoms with E-state index in [1.54, 1.807) is 6.92 Å². The average molecular weight is 388 g/mol. The van der Waals surface area contributed by atoms with Crippen LogP contribution in [0.25, 0.3) is 0 Å². The topological polar surface area (TPSA) is 58.2 Å². The molecule has 0 aliphatic heterocycles. The van der Waals surface area contributed by atoms with Gasteiger partial charge in [0.2, 0.25) is 0 Å². The van der Waals surface area contributed by atoms with Crippen molar-refractivity contribution < 1.29 is 9.59 Å². The van der Waals surface area contributed by atoms with Crippen LogP contribution in [-0.2, 0) is 9.59 Å². The second kappa shape index (κ2) is 8.76. The summed E-state index contributed by atoms with van der Waals surface area (Å²) in [4.78, 5) is 23.3. The van der Waals surface area contributed by atoms with E-state index in [0.29, 0.717) is 18.1 Å². The van der Waals surface area contributed by atoms with Crippen molar-refractivity contribution in [3.05, 3.63) is 30.3 Å². The molecule has 0 aliphatic rings. The molecule has 1 atom stereocenters. The van der Waals surface area contributed by atoms with Crippen molar-refractivity contribution in [2.45, 2.75) is 36.1 Å². The molecule has 0 aliphatic carbocycles. The fourth-order valence-electron chi connectivity index (χ4n) is 1.60. The second-order valence-corrected chi connectivity index (χ2v) is 10.4. The summed E-state index contributed by atoms with van der Waals surface area (Å²) in [6.07, 6.45) is 0.814. The monoisotopic (exact) mass is 388 g/mol. The number of nitrogens with one attached hydrogen (secondary N) is 2. The molecule has 1 aromatic carbocycles. The summed E-state index contributed by atoms with van der Waals surface area (Å²) in [5.41, 5.74) is 0. The van der Waals surface area contributed by atoms with Crippen LogP contribution in [0.3, 0.4) is 0 Å². The fraction of sp³-hybridized carbons (Fsp3) is 0.429. The van der Waals surface area contributed by atoms with E-state index in [1.807, 2.05) is 37.3 Å². The Bertz CT molecular complexity index is 483. The Balaban J connectivity index is 2.87. The Morgan fingerprint density at radius 3 is 2.19 bits per heavy atom. The normalized spacial score (nSPS) is 12.6. The molecule has 1 aromatic rings. The van der Waals surface area contributed by atoms with E-state index in [1.165, 1.54) is 0 Å². The zero-order chi connectivity index (χ0) is 15.9. The first-order chi connectivity index (χ1) is 9.88. The number of rotatable bonds is 7. The van der Waals surface area contributed by atoms with Crippen LogP contribution in [0.2, 0.25) is 5.21 Å². The molecular formula is C14H21AsN2O2S2. The van der Waals surface area contributed by atoms with Gasteiger partial charge < -0.3 is 0 Å². The molecule has 0 saturated heterocycles. The summed E-state index contributed by atoms with van der Waals surface area (Å²) in [6.45, 7) is 3.60. The van der Waals surface area contributed by atoms with Crippen LogP contribution in [0.5, 0.6) is 0 Å². The third-order valence-electron chi connectivity index (χ3n) is 2.69. The van der Waals surface area contributed by atoms with Gasteiger partial charge in [-0.1, -0.05) is 0 Å². The molecule has 0 fully saturated rings. The zero-order valence-electron chi connectivity index (χ0n) is 12.2. The molecule has 0 radical (unpaired) electrons. The Morgan fingerprint density at radius 1 is 1.10 bits per heavy atom. The summed E-state index contributed by atoms with van der Waals surface area (Å²) in [7, 11) is 0. The third kappa shape index (κ3) is 6.81. The van der Waals surface area contributed by atoms with E-state index < -0.39 is 19.1 Å². The van der Waals surface area contributed by atoms with E-state index >= 15 is 0 Å². The van der Waals surface area contributed by atoms with Crippen molar-refractivity contribution in [3.8, 4) is 0 Å². The third-order valence-corrected chi connectivity index (χ3v) is 8.99. The Labute approximate surface area is 141 Å². The number of hydrogen-bond acceptors (Lipinski definition) is 4. The quantitative estimate of drug-likeness (QED) is 0.325. The molecule has 1 rings (SSSR count). The van der Waals surface area contributed by atoms with Gasteiger partial charge in [-0.25, -0.2) is 0 Å². The van der Waals surface area contributed by atoms with E-state index in [4.69, 9.17) is 0 Å². The van der Waals surface area contributed by atoms with Gasteiger partial charge in [-0.2, -0.15) is 0 Å². The number of benzene rings is 1. The summed E-state index contributed by atoms with van der Waals surface area (Å²) < 4.78 is 3.26. The van der Waals surface area contributed by atoms with Crippen LogP contribution < -0.4 is 13.9 Å². The van der Waals surface area contributed by atoms with Gasteiger partial charge in [-0.05, 0) is 0 Å². The van der Waals surface area contributed by atoms with Crippen LogP contribution in [0, 0.1) is 0 Å². The zero-order valence-corrected chi connectivity index (χ0v) is 15.8. The first-order valence-electron chi connectivity index (χ1n) is 6.75. The molecule has 2 amide bonds. The molecule has 2 N–H and O–H groups in total. The molecule has 0 heterocycles. The summed E-state index contributed by atoms with van der Waals surface area (Å²) >= 11 is 6.97. The van der Waals surface area contributed by atoms with Crippen molar-refractivity contribution in [1.29, 1.82) is 0 Å². The predicted octanol–water partition coefficient (Wildman–Crippen LogP) is 1.45. The molecule has 4 nitrogen and oxygen atoms in total. The van der Waals surface area contributed by atoms with Gasteiger partial charge in [-0.3, -0.25) is 0 Å². The molecule has 0 spiro atoms. The van der Waals surface area contributed by atoms with Crippen LogP contribution in [-0.4, -0.2) is 30.9 Å². The summed E-state index contributed by atoms with van der Waals surface area (Å²) in [5, 5.41) is 3.29. The molecule has 0 saturated carbocycles. The number of carbonyl (C=O) groups excluding carboxylic acids is 2. The van der Waals surface area contributed by atoms with E-state index in [0.717, 1.165) is 4.35 Å². The van der Waals surface area contributed by atoms with Crippen molar-refractivity contribution in [2.75, 3.05) is 0 Å². The van der Waals surface area contributed by atoms with Gasteiger partial charge >= 0.3 is 142 Å². The number of amides is 2. The molecular weight excluding hydrogens is 367 g/mol. The van der Waals surface area contributed by atoms with Gasteiger partial charge in [0.05, 0.1) is 0 Å². The summed E-state index contributed by atoms with van der Waals surface area (Å²) in [6, 6.07) is 9.81. The molecule has 0 bridgehead atoms. The van der Waals surface area contributed by atoms with Crippen LogP contribution in [0.4, 0.5) is 0 Å². The average Bonchev–Trinajstić information content (AvgIpc) is 2.46. The van der Waals surface area contributed by atoms with Crippen LogP contribution in [0.15, 0.2) is 30.3 Å². The van der Waals surface area contributed by atoms with Gasteiger partial charge in [0, 0.05) is 0 Å². The van der Waals surface area contributed by atoms with Gasteiger partial charge in [0.1, 0.15) is 0 Å². The Kier molecular flexibility index (Phi) is 7.71. The molecule has 0 aromatic heterocycles. The van der Waals surface area contributed by atoms with Gasteiger partial charge in [0.25, 0.3) is 0 Å².